The smallest absolute Gasteiger partial charge is 0.155 e. The van der Waals surface area contributed by atoms with Gasteiger partial charge in [0.15, 0.2) is 5.78 Å². The molecule has 1 heterocycles. The lowest BCUT2D eigenvalue weighted by Gasteiger charge is -2.24. The van der Waals surface area contributed by atoms with E-state index in [1.54, 1.807) is 0 Å². The highest BCUT2D eigenvalue weighted by molar-refractivity contribution is 5.91. The lowest BCUT2D eigenvalue weighted by atomic mass is 9.86. The molecule has 0 radical (unpaired) electrons. The van der Waals surface area contributed by atoms with E-state index in [4.69, 9.17) is 0 Å². The molecule has 1 aliphatic heterocycles. The van der Waals surface area contributed by atoms with Crippen molar-refractivity contribution >= 4 is 5.78 Å². The van der Waals surface area contributed by atoms with Crippen molar-refractivity contribution in [2.75, 3.05) is 20.1 Å². The molecule has 0 saturated carbocycles. The van der Waals surface area contributed by atoms with Gasteiger partial charge >= 0.3 is 0 Å². The third kappa shape index (κ3) is 2.91. The van der Waals surface area contributed by atoms with Gasteiger partial charge in [0.05, 0.1) is 0 Å². The average molecular weight is 207 g/mol. The Morgan fingerprint density at radius 3 is 2.93 bits per heavy atom. The molecule has 1 atom stereocenters. The predicted octanol–water partition coefficient (Wildman–Crippen LogP) is 2.40. The van der Waals surface area contributed by atoms with Gasteiger partial charge in [-0.1, -0.05) is 12.0 Å². The van der Waals surface area contributed by atoms with Crippen molar-refractivity contribution in [3.05, 3.63) is 11.6 Å². The molecule has 2 aliphatic rings. The molecule has 0 amide bonds. The highest BCUT2D eigenvalue weighted by atomic mass is 16.1. The van der Waals surface area contributed by atoms with Crippen LogP contribution in [-0.2, 0) is 4.79 Å². The largest absolute Gasteiger partial charge is 0.306 e. The SMILES string of the molecule is CN1CCCCC(C2=CC(=O)CCC2)C1. The lowest BCUT2D eigenvalue weighted by Crippen LogP contribution is -2.26. The van der Waals surface area contributed by atoms with E-state index in [9.17, 15) is 4.79 Å². The van der Waals surface area contributed by atoms with Crippen LogP contribution >= 0.6 is 0 Å². The Morgan fingerprint density at radius 2 is 2.13 bits per heavy atom. The molecule has 0 bridgehead atoms. The van der Waals surface area contributed by atoms with E-state index in [0.29, 0.717) is 11.7 Å². The van der Waals surface area contributed by atoms with Crippen LogP contribution in [0, 0.1) is 5.92 Å². The molecule has 1 aliphatic carbocycles. The zero-order valence-electron chi connectivity index (χ0n) is 9.67. The topological polar surface area (TPSA) is 20.3 Å². The van der Waals surface area contributed by atoms with Crippen molar-refractivity contribution in [3.63, 3.8) is 0 Å². The minimum Gasteiger partial charge on any atom is -0.306 e. The molecule has 84 valence electrons. The maximum atomic E-state index is 11.4. The Kier molecular flexibility index (Phi) is 3.57. The summed E-state index contributed by atoms with van der Waals surface area (Å²) in [6, 6.07) is 0. The van der Waals surface area contributed by atoms with Crippen LogP contribution in [0.2, 0.25) is 0 Å². The lowest BCUT2D eigenvalue weighted by molar-refractivity contribution is -0.115. The zero-order chi connectivity index (χ0) is 10.7. The van der Waals surface area contributed by atoms with Crippen LogP contribution in [0.5, 0.6) is 0 Å². The van der Waals surface area contributed by atoms with Crippen molar-refractivity contribution < 1.29 is 4.79 Å². The number of likely N-dealkylation sites (tertiary alicyclic amines) is 1. The summed E-state index contributed by atoms with van der Waals surface area (Å²) in [4.78, 5) is 13.8. The molecule has 0 aromatic carbocycles. The molecule has 0 aromatic heterocycles. The Hall–Kier alpha value is -0.630. The van der Waals surface area contributed by atoms with Gasteiger partial charge in [0.2, 0.25) is 0 Å². The average Bonchev–Trinajstić information content (AvgIpc) is 2.43. The number of nitrogens with zero attached hydrogens (tertiary/aromatic N) is 1. The Balaban J connectivity index is 2.04. The van der Waals surface area contributed by atoms with Gasteiger partial charge in [0.25, 0.3) is 0 Å². The minimum absolute atomic E-state index is 0.350. The van der Waals surface area contributed by atoms with Crippen LogP contribution in [0.1, 0.15) is 38.5 Å². The first kappa shape index (κ1) is 10.9. The van der Waals surface area contributed by atoms with Crippen LogP contribution in [0.25, 0.3) is 0 Å². The number of hydrogen-bond donors (Lipinski definition) is 0. The van der Waals surface area contributed by atoms with E-state index in [0.717, 1.165) is 25.8 Å². The molecular formula is C13H21NO. The zero-order valence-corrected chi connectivity index (χ0v) is 9.67. The molecule has 1 unspecified atom stereocenters. The van der Waals surface area contributed by atoms with E-state index >= 15 is 0 Å². The molecule has 15 heavy (non-hydrogen) atoms. The number of carbonyl (C=O) groups excluding carboxylic acids is 1. The number of allylic oxidation sites excluding steroid dienone is 1. The van der Waals surface area contributed by atoms with Crippen molar-refractivity contribution in [1.29, 1.82) is 0 Å². The Labute approximate surface area is 92.3 Å². The van der Waals surface area contributed by atoms with Crippen LogP contribution < -0.4 is 0 Å². The summed E-state index contributed by atoms with van der Waals surface area (Å²) in [5.74, 6) is 1.00. The van der Waals surface area contributed by atoms with E-state index in [1.165, 1.54) is 31.4 Å². The fraction of sp³-hybridized carbons (Fsp3) is 0.769. The first-order chi connectivity index (χ1) is 7.25. The Morgan fingerprint density at radius 1 is 1.27 bits per heavy atom. The van der Waals surface area contributed by atoms with Crippen molar-refractivity contribution in [1.82, 2.24) is 4.90 Å². The van der Waals surface area contributed by atoms with Gasteiger partial charge in [0, 0.05) is 13.0 Å². The summed E-state index contributed by atoms with van der Waals surface area (Å²) in [6.45, 7) is 2.37. The quantitative estimate of drug-likeness (QED) is 0.658. The highest BCUT2D eigenvalue weighted by Crippen LogP contribution is 2.28. The first-order valence-electron chi connectivity index (χ1n) is 6.17. The molecule has 1 saturated heterocycles. The van der Waals surface area contributed by atoms with Crippen LogP contribution in [0.3, 0.4) is 0 Å². The number of ketones is 1. The van der Waals surface area contributed by atoms with Gasteiger partial charge in [-0.05, 0) is 51.3 Å². The van der Waals surface area contributed by atoms with Crippen LogP contribution in [0.15, 0.2) is 11.6 Å². The summed E-state index contributed by atoms with van der Waals surface area (Å²) in [5, 5.41) is 0. The van der Waals surface area contributed by atoms with E-state index in [2.05, 4.69) is 11.9 Å². The van der Waals surface area contributed by atoms with Crippen molar-refractivity contribution in [3.8, 4) is 0 Å². The second-order valence-electron chi connectivity index (χ2n) is 4.99. The van der Waals surface area contributed by atoms with Gasteiger partial charge in [-0.25, -0.2) is 0 Å². The van der Waals surface area contributed by atoms with Crippen molar-refractivity contribution in [2.24, 2.45) is 5.92 Å². The maximum absolute atomic E-state index is 11.4. The normalized spacial score (nSPS) is 29.8. The summed E-state index contributed by atoms with van der Waals surface area (Å²) >= 11 is 0. The third-order valence-electron chi connectivity index (χ3n) is 3.63. The third-order valence-corrected chi connectivity index (χ3v) is 3.63. The number of hydrogen-bond acceptors (Lipinski definition) is 2. The van der Waals surface area contributed by atoms with E-state index in [-0.39, 0.29) is 0 Å². The van der Waals surface area contributed by atoms with Gasteiger partial charge in [0.1, 0.15) is 0 Å². The second kappa shape index (κ2) is 4.93. The first-order valence-corrected chi connectivity index (χ1v) is 6.17. The van der Waals surface area contributed by atoms with Gasteiger partial charge in [-0.3, -0.25) is 4.79 Å². The van der Waals surface area contributed by atoms with Crippen LogP contribution in [0.4, 0.5) is 0 Å². The molecule has 2 rings (SSSR count). The second-order valence-corrected chi connectivity index (χ2v) is 4.99. The summed E-state index contributed by atoms with van der Waals surface area (Å²) in [6.07, 6.45) is 8.85. The van der Waals surface area contributed by atoms with E-state index in [1.807, 2.05) is 6.08 Å². The molecule has 1 fully saturated rings. The number of rotatable bonds is 1. The standard InChI is InChI=1S/C13H21NO/c1-14-8-3-2-5-12(10-14)11-6-4-7-13(15)9-11/h9,12H,2-8,10H2,1H3. The highest BCUT2D eigenvalue weighted by Gasteiger charge is 2.21. The molecule has 2 heteroatoms. The fourth-order valence-corrected chi connectivity index (χ4v) is 2.77. The van der Waals surface area contributed by atoms with Gasteiger partial charge in [-0.15, -0.1) is 0 Å². The van der Waals surface area contributed by atoms with Gasteiger partial charge in [-0.2, -0.15) is 0 Å². The molecule has 0 N–H and O–H groups in total. The molecular weight excluding hydrogens is 186 g/mol. The maximum Gasteiger partial charge on any atom is 0.155 e. The molecule has 2 nitrogen and oxygen atoms in total. The monoisotopic (exact) mass is 207 g/mol. The van der Waals surface area contributed by atoms with Crippen molar-refractivity contribution in [2.45, 2.75) is 38.5 Å². The Bertz CT molecular complexity index is 270. The minimum atomic E-state index is 0.350. The summed E-state index contributed by atoms with van der Waals surface area (Å²) in [7, 11) is 2.20. The fourth-order valence-electron chi connectivity index (χ4n) is 2.77. The molecule has 0 spiro atoms. The van der Waals surface area contributed by atoms with E-state index < -0.39 is 0 Å². The predicted molar refractivity (Wildman–Crippen MR) is 61.8 cm³/mol. The number of carbonyl (C=O) groups is 1. The summed E-state index contributed by atoms with van der Waals surface area (Å²) < 4.78 is 0. The van der Waals surface area contributed by atoms with Crippen LogP contribution in [-0.4, -0.2) is 30.8 Å². The summed E-state index contributed by atoms with van der Waals surface area (Å²) in [5.41, 5.74) is 1.43. The molecule has 0 aromatic rings. The van der Waals surface area contributed by atoms with Gasteiger partial charge < -0.3 is 4.90 Å².